The van der Waals surface area contributed by atoms with Crippen molar-refractivity contribution in [3.8, 4) is 5.75 Å². The molecule has 1 N–H and O–H groups in total. The number of alkyl halides is 2. The van der Waals surface area contributed by atoms with Crippen LogP contribution in [-0.2, 0) is 19.5 Å². The molecule has 11 heteroatoms. The lowest BCUT2D eigenvalue weighted by Crippen LogP contribution is -2.39. The molecule has 7 nitrogen and oxygen atoms in total. The molecule has 0 aliphatic carbocycles. The van der Waals surface area contributed by atoms with E-state index in [2.05, 4.69) is 4.74 Å². The Morgan fingerprint density at radius 3 is 2.40 bits per heavy atom. The number of benzene rings is 1. The lowest BCUT2D eigenvalue weighted by Gasteiger charge is -2.25. The van der Waals surface area contributed by atoms with Crippen LogP contribution in [0.5, 0.6) is 5.75 Å². The summed E-state index contributed by atoms with van der Waals surface area (Å²) < 4.78 is 65.3. The van der Waals surface area contributed by atoms with Crippen molar-refractivity contribution in [2.45, 2.75) is 24.2 Å². The monoisotopic (exact) mass is 403 g/mol. The number of sulfonamides is 1. The number of nitrogens with zero attached hydrogens (tertiary/aromatic N) is 1. The molecule has 0 saturated heterocycles. The van der Waals surface area contributed by atoms with Crippen molar-refractivity contribution >= 4 is 21.6 Å². The van der Waals surface area contributed by atoms with Gasteiger partial charge in [0.25, 0.3) is 0 Å². The molecular weight excluding hydrogens is 384 g/mol. The molecular formula is C14H20ClF2NO6S. The minimum Gasteiger partial charge on any atom is -0.433 e. The molecule has 1 rings (SSSR count). The molecule has 0 radical (unpaired) electrons. The Morgan fingerprint density at radius 2 is 1.92 bits per heavy atom. The smallest absolute Gasteiger partial charge is 0.387 e. The van der Waals surface area contributed by atoms with E-state index in [1.54, 1.807) is 0 Å². The zero-order chi connectivity index (χ0) is 19.0. The van der Waals surface area contributed by atoms with Crippen LogP contribution < -0.4 is 4.74 Å². The van der Waals surface area contributed by atoms with Gasteiger partial charge in [-0.2, -0.15) is 13.1 Å². The van der Waals surface area contributed by atoms with Crippen molar-refractivity contribution in [2.75, 3.05) is 33.9 Å². The van der Waals surface area contributed by atoms with Gasteiger partial charge in [0, 0.05) is 27.4 Å². The normalized spacial score (nSPS) is 12.4. The number of hydrogen-bond acceptors (Lipinski definition) is 6. The summed E-state index contributed by atoms with van der Waals surface area (Å²) in [7, 11) is -1.30. The Morgan fingerprint density at radius 1 is 1.28 bits per heavy atom. The highest BCUT2D eigenvalue weighted by Crippen LogP contribution is 2.30. The van der Waals surface area contributed by atoms with Gasteiger partial charge in [0.1, 0.15) is 5.75 Å². The summed E-state index contributed by atoms with van der Waals surface area (Å²) in [4.78, 5) is -0.206. The Kier molecular flexibility index (Phi) is 8.97. The zero-order valence-corrected chi connectivity index (χ0v) is 15.3. The summed E-state index contributed by atoms with van der Waals surface area (Å²) in [6, 6.07) is 3.18. The van der Waals surface area contributed by atoms with Gasteiger partial charge in [-0.15, -0.1) is 0 Å². The second-order valence-corrected chi connectivity index (χ2v) is 7.16. The molecule has 1 aromatic carbocycles. The minimum atomic E-state index is -4.02. The van der Waals surface area contributed by atoms with Crippen LogP contribution in [0.2, 0.25) is 5.02 Å². The average molecular weight is 404 g/mol. The first-order chi connectivity index (χ1) is 11.8. The third-order valence-electron chi connectivity index (χ3n) is 3.20. The van der Waals surface area contributed by atoms with E-state index < -0.39 is 22.9 Å². The van der Waals surface area contributed by atoms with E-state index in [4.69, 9.17) is 26.2 Å². The lowest BCUT2D eigenvalue weighted by molar-refractivity contribution is -0.108. The van der Waals surface area contributed by atoms with Gasteiger partial charge in [0.2, 0.25) is 10.0 Å². The predicted octanol–water partition coefficient (Wildman–Crippen LogP) is 1.93. The number of methoxy groups -OCH3 is 2. The number of aliphatic hydroxyl groups excluding tert-OH is 1. The average Bonchev–Trinajstić information content (AvgIpc) is 2.56. The highest BCUT2D eigenvalue weighted by atomic mass is 35.5. The van der Waals surface area contributed by atoms with Gasteiger partial charge in [-0.05, 0) is 24.6 Å². The maximum Gasteiger partial charge on any atom is 0.387 e. The van der Waals surface area contributed by atoms with Crippen molar-refractivity contribution in [3.05, 3.63) is 23.2 Å². The number of ether oxygens (including phenoxy) is 3. The molecule has 0 aliphatic heterocycles. The quantitative estimate of drug-likeness (QED) is 0.568. The fraction of sp³-hybridized carbons (Fsp3) is 0.571. The van der Waals surface area contributed by atoms with Crippen LogP contribution in [0.1, 0.15) is 6.42 Å². The highest BCUT2D eigenvalue weighted by Gasteiger charge is 2.28. The molecule has 0 atom stereocenters. The Balaban J connectivity index is 3.13. The molecule has 0 bridgehead atoms. The summed E-state index contributed by atoms with van der Waals surface area (Å²) in [6.45, 7) is -3.40. The maximum absolute atomic E-state index is 12.8. The summed E-state index contributed by atoms with van der Waals surface area (Å²) in [5, 5.41) is 8.71. The Bertz CT molecular complexity index is 642. The Hall–Kier alpha value is -1.04. The summed E-state index contributed by atoms with van der Waals surface area (Å²) in [5.41, 5.74) is 0. The fourth-order valence-electron chi connectivity index (χ4n) is 1.95. The third kappa shape index (κ3) is 6.32. The molecule has 25 heavy (non-hydrogen) atoms. The van der Waals surface area contributed by atoms with Crippen LogP contribution in [0.25, 0.3) is 0 Å². The maximum atomic E-state index is 12.8. The van der Waals surface area contributed by atoms with Gasteiger partial charge in [-0.1, -0.05) is 11.6 Å². The number of halogens is 3. The molecule has 0 aromatic heterocycles. The van der Waals surface area contributed by atoms with E-state index >= 15 is 0 Å². The number of hydrogen-bond donors (Lipinski definition) is 1. The van der Waals surface area contributed by atoms with E-state index in [9.17, 15) is 17.2 Å². The van der Waals surface area contributed by atoms with Crippen molar-refractivity contribution < 1.29 is 36.5 Å². The topological polar surface area (TPSA) is 85.3 Å². The van der Waals surface area contributed by atoms with Crippen molar-refractivity contribution in [1.29, 1.82) is 0 Å². The van der Waals surface area contributed by atoms with E-state index in [-0.39, 0.29) is 41.8 Å². The van der Waals surface area contributed by atoms with Crippen LogP contribution in [0.4, 0.5) is 8.78 Å². The molecule has 0 saturated carbocycles. The summed E-state index contributed by atoms with van der Waals surface area (Å²) in [6.07, 6.45) is -0.620. The van der Waals surface area contributed by atoms with Crippen molar-refractivity contribution in [1.82, 2.24) is 4.31 Å². The van der Waals surface area contributed by atoms with Crippen LogP contribution in [0.3, 0.4) is 0 Å². The van der Waals surface area contributed by atoms with Crippen molar-refractivity contribution in [3.63, 3.8) is 0 Å². The first kappa shape index (κ1) is 22.0. The molecule has 0 heterocycles. The standard InChI is InChI=1S/C14H20ClF2NO6S/c1-22-13(23-2)9-18(6-3-7-19)25(20,21)10-4-5-12(11(15)8-10)24-14(16)17/h4-5,8,13-14,19H,3,6-7,9H2,1-2H3. The first-order valence-corrected chi connectivity index (χ1v) is 8.99. The van der Waals surface area contributed by atoms with Gasteiger partial charge in [-0.25, -0.2) is 8.42 Å². The van der Waals surface area contributed by atoms with E-state index in [0.29, 0.717) is 0 Å². The molecule has 144 valence electrons. The molecule has 0 fully saturated rings. The van der Waals surface area contributed by atoms with Gasteiger partial charge < -0.3 is 19.3 Å². The predicted molar refractivity (Wildman–Crippen MR) is 86.4 cm³/mol. The van der Waals surface area contributed by atoms with Crippen LogP contribution in [0, 0.1) is 0 Å². The van der Waals surface area contributed by atoms with Crippen LogP contribution in [-0.4, -0.2) is 64.6 Å². The minimum absolute atomic E-state index is 0.00889. The number of rotatable bonds is 11. The summed E-state index contributed by atoms with van der Waals surface area (Å²) >= 11 is 5.82. The number of aliphatic hydroxyl groups is 1. The van der Waals surface area contributed by atoms with E-state index in [0.717, 1.165) is 22.5 Å². The lowest BCUT2D eigenvalue weighted by atomic mass is 10.3. The first-order valence-electron chi connectivity index (χ1n) is 7.17. The summed E-state index contributed by atoms with van der Waals surface area (Å²) in [5.74, 6) is -0.329. The largest absolute Gasteiger partial charge is 0.433 e. The van der Waals surface area contributed by atoms with E-state index in [1.165, 1.54) is 14.2 Å². The molecule has 1 aromatic rings. The second kappa shape index (κ2) is 10.2. The molecule has 0 aliphatic rings. The molecule has 0 unspecified atom stereocenters. The van der Waals surface area contributed by atoms with Gasteiger partial charge in [0.05, 0.1) is 16.5 Å². The van der Waals surface area contributed by atoms with Crippen LogP contribution in [0.15, 0.2) is 23.1 Å². The fourth-order valence-corrected chi connectivity index (χ4v) is 3.73. The van der Waals surface area contributed by atoms with Gasteiger partial charge in [-0.3, -0.25) is 0 Å². The van der Waals surface area contributed by atoms with E-state index in [1.807, 2.05) is 0 Å². The second-order valence-electron chi connectivity index (χ2n) is 4.81. The van der Waals surface area contributed by atoms with Gasteiger partial charge in [0.15, 0.2) is 6.29 Å². The van der Waals surface area contributed by atoms with Gasteiger partial charge >= 0.3 is 6.61 Å². The highest BCUT2D eigenvalue weighted by molar-refractivity contribution is 7.89. The Labute approximate surface area is 150 Å². The molecule has 0 amide bonds. The SMILES string of the molecule is COC(CN(CCCO)S(=O)(=O)c1ccc(OC(F)F)c(Cl)c1)OC. The van der Waals surface area contributed by atoms with Crippen LogP contribution >= 0.6 is 11.6 Å². The molecule has 0 spiro atoms. The van der Waals surface area contributed by atoms with Crippen molar-refractivity contribution in [2.24, 2.45) is 0 Å². The zero-order valence-electron chi connectivity index (χ0n) is 13.7. The third-order valence-corrected chi connectivity index (χ3v) is 5.36.